The quantitative estimate of drug-likeness (QED) is 0.858. The maximum absolute atomic E-state index is 12.1. The molecule has 1 aromatic carbocycles. The fourth-order valence-electron chi connectivity index (χ4n) is 2.71. The van der Waals surface area contributed by atoms with Gasteiger partial charge in [-0.2, -0.15) is 0 Å². The molecule has 2 amide bonds. The highest BCUT2D eigenvalue weighted by atomic mass is 16.3. The topological polar surface area (TPSA) is 57.6 Å². The van der Waals surface area contributed by atoms with Gasteiger partial charge in [-0.1, -0.05) is 38.8 Å². The van der Waals surface area contributed by atoms with E-state index in [1.807, 2.05) is 19.9 Å². The lowest BCUT2D eigenvalue weighted by molar-refractivity contribution is -0.127. The predicted octanol–water partition coefficient (Wildman–Crippen LogP) is 2.31. The number of rotatable bonds is 4. The number of carbonyl (C=O) groups excluding carboxylic acids is 2. The summed E-state index contributed by atoms with van der Waals surface area (Å²) < 4.78 is 0. The number of carbonyl (C=O) groups is 2. The largest absolute Gasteiger partial charge is 0.388 e. The Morgan fingerprint density at radius 3 is 2.50 bits per heavy atom. The SMILES string of the molecule is CCC(CC)C(O)c1ccc2c(c1)C(=O)N(C)C(=O)C2. The van der Waals surface area contributed by atoms with Gasteiger partial charge in [-0.05, 0) is 23.1 Å². The minimum atomic E-state index is -0.564. The molecule has 0 aliphatic carbocycles. The van der Waals surface area contributed by atoms with Crippen LogP contribution in [0.4, 0.5) is 0 Å². The van der Waals surface area contributed by atoms with Crippen LogP contribution in [0.2, 0.25) is 0 Å². The fourth-order valence-corrected chi connectivity index (χ4v) is 2.71. The molecule has 0 bridgehead atoms. The van der Waals surface area contributed by atoms with Gasteiger partial charge in [-0.25, -0.2) is 0 Å². The summed E-state index contributed by atoms with van der Waals surface area (Å²) in [6.45, 7) is 4.10. The first-order chi connectivity index (χ1) is 9.49. The second-order valence-electron chi connectivity index (χ2n) is 5.37. The van der Waals surface area contributed by atoms with Crippen molar-refractivity contribution in [3.05, 3.63) is 34.9 Å². The number of fused-ring (bicyclic) bond motifs is 1. The van der Waals surface area contributed by atoms with Gasteiger partial charge in [0.05, 0.1) is 12.5 Å². The first-order valence-corrected chi connectivity index (χ1v) is 7.11. The molecule has 1 aliphatic rings. The van der Waals surface area contributed by atoms with Crippen LogP contribution in [0.1, 0.15) is 54.3 Å². The molecule has 0 aromatic heterocycles. The van der Waals surface area contributed by atoms with E-state index in [9.17, 15) is 14.7 Å². The summed E-state index contributed by atoms with van der Waals surface area (Å²) in [7, 11) is 1.50. The molecule has 0 fully saturated rings. The molecule has 1 N–H and O–H groups in total. The molecule has 20 heavy (non-hydrogen) atoms. The predicted molar refractivity (Wildman–Crippen MR) is 76.3 cm³/mol. The molecule has 1 atom stereocenters. The van der Waals surface area contributed by atoms with E-state index in [0.29, 0.717) is 5.56 Å². The molecule has 4 heteroatoms. The van der Waals surface area contributed by atoms with E-state index >= 15 is 0 Å². The summed E-state index contributed by atoms with van der Waals surface area (Å²) >= 11 is 0. The van der Waals surface area contributed by atoms with Crippen molar-refractivity contribution in [2.24, 2.45) is 5.92 Å². The third-order valence-corrected chi connectivity index (χ3v) is 4.22. The lowest BCUT2D eigenvalue weighted by Gasteiger charge is -2.26. The van der Waals surface area contributed by atoms with Crippen molar-refractivity contribution >= 4 is 11.8 Å². The summed E-state index contributed by atoms with van der Waals surface area (Å²) in [6.07, 6.45) is 1.47. The minimum absolute atomic E-state index is 0.184. The van der Waals surface area contributed by atoms with Crippen LogP contribution in [0.15, 0.2) is 18.2 Å². The first-order valence-electron chi connectivity index (χ1n) is 7.11. The molecule has 4 nitrogen and oxygen atoms in total. The number of hydrogen-bond donors (Lipinski definition) is 1. The number of amides is 2. The molecule has 0 radical (unpaired) electrons. The Labute approximate surface area is 119 Å². The third kappa shape index (κ3) is 2.48. The Hall–Kier alpha value is -1.68. The van der Waals surface area contributed by atoms with Gasteiger partial charge in [0.25, 0.3) is 5.91 Å². The Morgan fingerprint density at radius 1 is 1.25 bits per heavy atom. The van der Waals surface area contributed by atoms with E-state index in [1.165, 1.54) is 7.05 Å². The van der Waals surface area contributed by atoms with E-state index in [-0.39, 0.29) is 24.2 Å². The van der Waals surface area contributed by atoms with Crippen LogP contribution in [-0.4, -0.2) is 28.9 Å². The van der Waals surface area contributed by atoms with E-state index in [1.54, 1.807) is 12.1 Å². The van der Waals surface area contributed by atoms with Crippen molar-refractivity contribution in [2.45, 2.75) is 39.2 Å². The van der Waals surface area contributed by atoms with Crippen LogP contribution in [0.25, 0.3) is 0 Å². The molecular formula is C16H21NO3. The van der Waals surface area contributed by atoms with E-state index in [4.69, 9.17) is 0 Å². The monoisotopic (exact) mass is 275 g/mol. The van der Waals surface area contributed by atoms with Gasteiger partial charge >= 0.3 is 0 Å². The first kappa shape index (κ1) is 14.7. The Morgan fingerprint density at radius 2 is 1.90 bits per heavy atom. The van der Waals surface area contributed by atoms with Crippen molar-refractivity contribution in [1.29, 1.82) is 0 Å². The lowest BCUT2D eigenvalue weighted by atomic mass is 9.88. The van der Waals surface area contributed by atoms with Gasteiger partial charge < -0.3 is 5.11 Å². The molecular weight excluding hydrogens is 254 g/mol. The lowest BCUT2D eigenvalue weighted by Crippen LogP contribution is -2.39. The van der Waals surface area contributed by atoms with Gasteiger partial charge in [0, 0.05) is 12.6 Å². The molecule has 108 valence electrons. The fraction of sp³-hybridized carbons (Fsp3) is 0.500. The number of aliphatic hydroxyl groups excluding tert-OH is 1. The number of imide groups is 1. The number of benzene rings is 1. The highest BCUT2D eigenvalue weighted by molar-refractivity contribution is 6.09. The van der Waals surface area contributed by atoms with Gasteiger partial charge in [-0.15, -0.1) is 0 Å². The molecule has 1 heterocycles. The average Bonchev–Trinajstić information content (AvgIpc) is 2.46. The standard InChI is InChI=1S/C16H21NO3/c1-4-10(5-2)15(19)12-7-6-11-9-14(18)17(3)16(20)13(11)8-12/h6-8,10,15,19H,4-5,9H2,1-3H3. The van der Waals surface area contributed by atoms with E-state index in [0.717, 1.165) is 28.9 Å². The van der Waals surface area contributed by atoms with Crippen molar-refractivity contribution in [2.75, 3.05) is 7.05 Å². The highest BCUT2D eigenvalue weighted by Gasteiger charge is 2.29. The molecule has 0 spiro atoms. The van der Waals surface area contributed by atoms with Gasteiger partial charge in [0.2, 0.25) is 5.91 Å². The third-order valence-electron chi connectivity index (χ3n) is 4.22. The van der Waals surface area contributed by atoms with Crippen molar-refractivity contribution in [3.8, 4) is 0 Å². The molecule has 0 saturated carbocycles. The van der Waals surface area contributed by atoms with Crippen molar-refractivity contribution < 1.29 is 14.7 Å². The summed E-state index contributed by atoms with van der Waals surface area (Å²) in [5, 5.41) is 10.4. The Bertz CT molecular complexity index is 535. The maximum Gasteiger partial charge on any atom is 0.260 e. The summed E-state index contributed by atoms with van der Waals surface area (Å²) in [6, 6.07) is 5.36. The Kier molecular flexibility index (Phi) is 4.23. The average molecular weight is 275 g/mol. The second kappa shape index (κ2) is 5.75. The molecule has 1 aromatic rings. The van der Waals surface area contributed by atoms with Crippen LogP contribution in [-0.2, 0) is 11.2 Å². The molecule has 2 rings (SSSR count). The second-order valence-corrected chi connectivity index (χ2v) is 5.37. The number of aliphatic hydroxyl groups is 1. The summed E-state index contributed by atoms with van der Waals surface area (Å²) in [5.74, 6) is -0.281. The summed E-state index contributed by atoms with van der Waals surface area (Å²) in [4.78, 5) is 24.9. The minimum Gasteiger partial charge on any atom is -0.388 e. The van der Waals surface area contributed by atoms with E-state index in [2.05, 4.69) is 0 Å². The number of nitrogens with zero attached hydrogens (tertiary/aromatic N) is 1. The van der Waals surface area contributed by atoms with Gasteiger partial charge in [0.15, 0.2) is 0 Å². The molecule has 1 aliphatic heterocycles. The van der Waals surface area contributed by atoms with E-state index < -0.39 is 6.10 Å². The highest BCUT2D eigenvalue weighted by Crippen LogP contribution is 2.30. The van der Waals surface area contributed by atoms with Crippen LogP contribution >= 0.6 is 0 Å². The zero-order chi connectivity index (χ0) is 14.9. The maximum atomic E-state index is 12.1. The smallest absolute Gasteiger partial charge is 0.260 e. The normalized spacial score (nSPS) is 16.6. The van der Waals surface area contributed by atoms with Crippen LogP contribution < -0.4 is 0 Å². The Balaban J connectivity index is 2.37. The van der Waals surface area contributed by atoms with Crippen LogP contribution in [0.3, 0.4) is 0 Å². The van der Waals surface area contributed by atoms with Gasteiger partial charge in [0.1, 0.15) is 0 Å². The summed E-state index contributed by atoms with van der Waals surface area (Å²) in [5.41, 5.74) is 2.04. The van der Waals surface area contributed by atoms with Crippen LogP contribution in [0, 0.1) is 5.92 Å². The number of hydrogen-bond acceptors (Lipinski definition) is 3. The van der Waals surface area contributed by atoms with Crippen LogP contribution in [0.5, 0.6) is 0 Å². The van der Waals surface area contributed by atoms with Crippen molar-refractivity contribution in [3.63, 3.8) is 0 Å². The van der Waals surface area contributed by atoms with Gasteiger partial charge in [-0.3, -0.25) is 14.5 Å². The molecule has 0 saturated heterocycles. The molecule has 1 unspecified atom stereocenters. The zero-order valence-corrected chi connectivity index (χ0v) is 12.2. The number of likely N-dealkylation sites (N-methyl/N-ethyl adjacent to an activating group) is 1. The zero-order valence-electron chi connectivity index (χ0n) is 12.2. The van der Waals surface area contributed by atoms with Crippen molar-refractivity contribution in [1.82, 2.24) is 4.90 Å².